The Bertz CT molecular complexity index is 428. The molecule has 2 aromatic heterocycles. The predicted molar refractivity (Wildman–Crippen MR) is 53.6 cm³/mol. The van der Waals surface area contributed by atoms with Gasteiger partial charge >= 0.3 is 0 Å². The Morgan fingerprint density at radius 3 is 3.21 bits per heavy atom. The van der Waals surface area contributed by atoms with Gasteiger partial charge in [0.15, 0.2) is 5.65 Å². The number of imidazole rings is 1. The van der Waals surface area contributed by atoms with E-state index in [1.165, 1.54) is 0 Å². The molecule has 4 heteroatoms. The molecule has 0 amide bonds. The Balaban J connectivity index is 2.40. The van der Waals surface area contributed by atoms with Gasteiger partial charge in [0.2, 0.25) is 0 Å². The quantitative estimate of drug-likeness (QED) is 0.690. The summed E-state index contributed by atoms with van der Waals surface area (Å²) < 4.78 is 7.15. The van der Waals surface area contributed by atoms with Crippen molar-refractivity contribution >= 4 is 11.4 Å². The van der Waals surface area contributed by atoms with Crippen LogP contribution in [0.25, 0.3) is 11.4 Å². The minimum absolute atomic E-state index is 0.594. The molecule has 0 bridgehead atoms. The number of nitrogens with zero attached hydrogens (tertiary/aromatic N) is 3. The normalized spacial score (nSPS) is 10.4. The first-order valence-electron chi connectivity index (χ1n) is 4.42. The lowest BCUT2D eigenvalue weighted by Gasteiger charge is -2.01. The smallest absolute Gasteiger partial charge is 0.156 e. The number of aromatic nitrogens is 3. The van der Waals surface area contributed by atoms with Crippen LogP contribution in [0.1, 0.15) is 12.6 Å². The summed E-state index contributed by atoms with van der Waals surface area (Å²) in [6.07, 6.45) is 7.12. The van der Waals surface area contributed by atoms with Gasteiger partial charge in [-0.25, -0.2) is 4.98 Å². The Kier molecular flexibility index (Phi) is 2.18. The van der Waals surface area contributed by atoms with E-state index in [1.54, 1.807) is 12.4 Å². The number of hydrogen-bond donors (Lipinski definition) is 0. The molecule has 2 rings (SSSR count). The third kappa shape index (κ3) is 1.46. The zero-order chi connectivity index (χ0) is 9.97. The highest BCUT2D eigenvalue weighted by Crippen LogP contribution is 2.12. The van der Waals surface area contributed by atoms with Crippen molar-refractivity contribution in [3.63, 3.8) is 0 Å². The lowest BCUT2D eigenvalue weighted by molar-refractivity contribution is 0.298. The third-order valence-electron chi connectivity index (χ3n) is 1.87. The average molecular weight is 189 g/mol. The molecule has 0 fully saturated rings. The predicted octanol–water partition coefficient (Wildman–Crippen LogP) is 1.74. The SMILES string of the molecule is C=C(OCC)c1cn2ccncc2n1. The first-order chi connectivity index (χ1) is 6.81. The zero-order valence-electron chi connectivity index (χ0n) is 7.97. The van der Waals surface area contributed by atoms with E-state index in [9.17, 15) is 0 Å². The molecule has 0 aromatic carbocycles. The fourth-order valence-corrected chi connectivity index (χ4v) is 1.23. The second-order valence-electron chi connectivity index (χ2n) is 2.82. The van der Waals surface area contributed by atoms with Crippen LogP contribution >= 0.6 is 0 Å². The highest BCUT2D eigenvalue weighted by Gasteiger charge is 2.04. The van der Waals surface area contributed by atoms with Crippen molar-refractivity contribution in [2.75, 3.05) is 6.61 Å². The summed E-state index contributed by atoms with van der Waals surface area (Å²) in [6.45, 7) is 6.31. The van der Waals surface area contributed by atoms with Gasteiger partial charge < -0.3 is 9.14 Å². The molecule has 0 aliphatic rings. The second-order valence-corrected chi connectivity index (χ2v) is 2.82. The standard InChI is InChI=1S/C10H11N3O/c1-3-14-8(2)9-7-13-5-4-11-6-10(13)12-9/h4-7H,2-3H2,1H3. The maximum atomic E-state index is 5.27. The Labute approximate surface area is 81.9 Å². The molecule has 14 heavy (non-hydrogen) atoms. The maximum absolute atomic E-state index is 5.27. The summed E-state index contributed by atoms with van der Waals surface area (Å²) in [5.41, 5.74) is 1.54. The van der Waals surface area contributed by atoms with Gasteiger partial charge in [-0.3, -0.25) is 4.98 Å². The monoisotopic (exact) mass is 189 g/mol. The van der Waals surface area contributed by atoms with Crippen LogP contribution in [0.5, 0.6) is 0 Å². The number of rotatable bonds is 3. The molecule has 2 aromatic rings. The van der Waals surface area contributed by atoms with E-state index < -0.39 is 0 Å². The van der Waals surface area contributed by atoms with Crippen molar-refractivity contribution in [2.24, 2.45) is 0 Å². The fraction of sp³-hybridized carbons (Fsp3) is 0.200. The summed E-state index contributed by atoms with van der Waals surface area (Å²) in [5, 5.41) is 0. The summed E-state index contributed by atoms with van der Waals surface area (Å²) >= 11 is 0. The van der Waals surface area contributed by atoms with Crippen molar-refractivity contribution in [1.82, 2.24) is 14.4 Å². The van der Waals surface area contributed by atoms with Crippen LogP contribution < -0.4 is 0 Å². The van der Waals surface area contributed by atoms with E-state index in [4.69, 9.17) is 4.74 Å². The van der Waals surface area contributed by atoms with Gasteiger partial charge in [0.05, 0.1) is 12.8 Å². The van der Waals surface area contributed by atoms with Gasteiger partial charge in [0.1, 0.15) is 11.5 Å². The highest BCUT2D eigenvalue weighted by atomic mass is 16.5. The van der Waals surface area contributed by atoms with Gasteiger partial charge in [0, 0.05) is 18.6 Å². The van der Waals surface area contributed by atoms with E-state index in [2.05, 4.69) is 16.5 Å². The van der Waals surface area contributed by atoms with E-state index in [0.29, 0.717) is 12.4 Å². The molecular weight excluding hydrogens is 178 g/mol. The molecule has 0 aliphatic carbocycles. The Morgan fingerprint density at radius 2 is 2.50 bits per heavy atom. The van der Waals surface area contributed by atoms with Gasteiger partial charge in [-0.2, -0.15) is 0 Å². The van der Waals surface area contributed by atoms with Gasteiger partial charge in [-0.15, -0.1) is 0 Å². The maximum Gasteiger partial charge on any atom is 0.156 e. The summed E-state index contributed by atoms with van der Waals surface area (Å²) in [6, 6.07) is 0. The Morgan fingerprint density at radius 1 is 1.64 bits per heavy atom. The summed E-state index contributed by atoms with van der Waals surface area (Å²) in [4.78, 5) is 8.28. The van der Waals surface area contributed by atoms with Crippen LogP contribution in [0.15, 0.2) is 31.4 Å². The molecule has 0 saturated heterocycles. The zero-order valence-corrected chi connectivity index (χ0v) is 7.97. The number of hydrogen-bond acceptors (Lipinski definition) is 3. The minimum Gasteiger partial charge on any atom is -0.492 e. The van der Waals surface area contributed by atoms with Crippen molar-refractivity contribution in [1.29, 1.82) is 0 Å². The fourth-order valence-electron chi connectivity index (χ4n) is 1.23. The van der Waals surface area contributed by atoms with Gasteiger partial charge in [-0.05, 0) is 6.92 Å². The van der Waals surface area contributed by atoms with Crippen molar-refractivity contribution in [2.45, 2.75) is 6.92 Å². The number of fused-ring (bicyclic) bond motifs is 1. The minimum atomic E-state index is 0.594. The molecule has 2 heterocycles. The molecule has 0 saturated carbocycles. The second kappa shape index (κ2) is 3.49. The van der Waals surface area contributed by atoms with Crippen LogP contribution in [0.3, 0.4) is 0 Å². The molecule has 0 N–H and O–H groups in total. The van der Waals surface area contributed by atoms with Crippen molar-refractivity contribution in [3.05, 3.63) is 37.1 Å². The molecule has 0 spiro atoms. The lowest BCUT2D eigenvalue weighted by Crippen LogP contribution is -1.89. The highest BCUT2D eigenvalue weighted by molar-refractivity contribution is 5.56. The lowest BCUT2D eigenvalue weighted by atomic mass is 10.4. The van der Waals surface area contributed by atoms with E-state index in [0.717, 1.165) is 11.3 Å². The average Bonchev–Trinajstić information content (AvgIpc) is 2.61. The van der Waals surface area contributed by atoms with Gasteiger partial charge in [-0.1, -0.05) is 6.58 Å². The topological polar surface area (TPSA) is 39.4 Å². The molecule has 72 valence electrons. The van der Waals surface area contributed by atoms with E-state index >= 15 is 0 Å². The van der Waals surface area contributed by atoms with Crippen molar-refractivity contribution in [3.8, 4) is 0 Å². The van der Waals surface area contributed by atoms with Crippen LogP contribution in [0.2, 0.25) is 0 Å². The molecule has 0 aliphatic heterocycles. The number of ether oxygens (including phenoxy) is 1. The summed E-state index contributed by atoms with van der Waals surface area (Å²) in [5.74, 6) is 0.594. The van der Waals surface area contributed by atoms with Gasteiger partial charge in [0.25, 0.3) is 0 Å². The van der Waals surface area contributed by atoms with Crippen LogP contribution in [0, 0.1) is 0 Å². The van der Waals surface area contributed by atoms with E-state index in [1.807, 2.05) is 23.7 Å². The molecule has 4 nitrogen and oxygen atoms in total. The molecular formula is C10H11N3O. The molecule has 0 unspecified atom stereocenters. The van der Waals surface area contributed by atoms with Crippen LogP contribution in [-0.2, 0) is 4.74 Å². The first kappa shape index (κ1) is 8.74. The van der Waals surface area contributed by atoms with E-state index in [-0.39, 0.29) is 0 Å². The molecule has 0 atom stereocenters. The third-order valence-corrected chi connectivity index (χ3v) is 1.87. The van der Waals surface area contributed by atoms with Crippen molar-refractivity contribution < 1.29 is 4.74 Å². The largest absolute Gasteiger partial charge is 0.492 e. The van der Waals surface area contributed by atoms with Crippen LogP contribution in [0.4, 0.5) is 0 Å². The Hall–Kier alpha value is -1.84. The summed E-state index contributed by atoms with van der Waals surface area (Å²) in [7, 11) is 0. The molecule has 0 radical (unpaired) electrons. The first-order valence-corrected chi connectivity index (χ1v) is 4.42. The van der Waals surface area contributed by atoms with Crippen LogP contribution in [-0.4, -0.2) is 21.0 Å².